The van der Waals surface area contributed by atoms with Crippen molar-refractivity contribution in [1.29, 1.82) is 0 Å². The number of hydrazone groups is 1. The van der Waals surface area contributed by atoms with Crippen LogP contribution in [0, 0.1) is 5.92 Å². The molecule has 40 heavy (non-hydrogen) atoms. The summed E-state index contributed by atoms with van der Waals surface area (Å²) in [5.74, 6) is 2.23. The van der Waals surface area contributed by atoms with Crippen LogP contribution in [-0.4, -0.2) is 37.5 Å². The van der Waals surface area contributed by atoms with Crippen molar-refractivity contribution in [1.82, 2.24) is 5.01 Å². The van der Waals surface area contributed by atoms with Crippen LogP contribution in [-0.2, 0) is 4.79 Å². The van der Waals surface area contributed by atoms with Gasteiger partial charge in [-0.05, 0) is 77.8 Å². The topological polar surface area (TPSA) is 60.4 Å². The molecule has 1 saturated carbocycles. The molecule has 6 nitrogen and oxygen atoms in total. The lowest BCUT2D eigenvalue weighted by Gasteiger charge is -2.29. The lowest BCUT2D eigenvalue weighted by molar-refractivity contribution is -0.135. The summed E-state index contributed by atoms with van der Waals surface area (Å²) in [4.78, 5) is 13.8. The van der Waals surface area contributed by atoms with Gasteiger partial charge in [-0.3, -0.25) is 4.79 Å². The zero-order valence-electron chi connectivity index (χ0n) is 22.7. The van der Waals surface area contributed by atoms with Crippen molar-refractivity contribution in [2.24, 2.45) is 11.0 Å². The number of benzene rings is 4. The second kappa shape index (κ2) is 11.3. The van der Waals surface area contributed by atoms with Gasteiger partial charge in [-0.25, -0.2) is 5.01 Å². The van der Waals surface area contributed by atoms with Crippen LogP contribution in [0.1, 0.15) is 36.4 Å². The third-order valence-corrected chi connectivity index (χ3v) is 7.77. The fourth-order valence-electron chi connectivity index (χ4n) is 5.77. The first-order valence-electron chi connectivity index (χ1n) is 13.6. The number of hydrogen-bond acceptors (Lipinski definition) is 5. The molecular weight excluding hydrogens is 500 g/mol. The van der Waals surface area contributed by atoms with E-state index in [0.29, 0.717) is 5.75 Å². The van der Waals surface area contributed by atoms with Crippen LogP contribution in [0.15, 0.2) is 102 Å². The standard InChI is InChI=1S/C34H32N2O4/c1-38-27-17-13-23(14-18-27)21-26-9-5-11-30-33(26)35-36(34(30)25-15-19-28(39-2)20-16-25)32(37)22-40-31-12-6-8-24-7-3-4-10-29(24)31/h3-4,6-8,10,12-21,30,34H,5,9,11,22H2,1-2H3/b26-21-/t30-,34-/m1/s1. The van der Waals surface area contributed by atoms with E-state index in [4.69, 9.17) is 19.3 Å². The third-order valence-electron chi connectivity index (χ3n) is 7.77. The Morgan fingerprint density at radius 1 is 0.900 bits per heavy atom. The first-order chi connectivity index (χ1) is 19.6. The van der Waals surface area contributed by atoms with E-state index in [1.807, 2.05) is 91.0 Å². The predicted octanol–water partition coefficient (Wildman–Crippen LogP) is 7.06. The lowest BCUT2D eigenvalue weighted by atomic mass is 9.77. The summed E-state index contributed by atoms with van der Waals surface area (Å²) >= 11 is 0. The molecule has 6 rings (SSSR count). The van der Waals surface area contributed by atoms with Crippen molar-refractivity contribution >= 4 is 28.5 Å². The highest BCUT2D eigenvalue weighted by molar-refractivity contribution is 6.08. The number of ether oxygens (including phenoxy) is 3. The van der Waals surface area contributed by atoms with Gasteiger partial charge in [-0.15, -0.1) is 0 Å². The number of rotatable bonds is 7. The molecule has 4 aromatic carbocycles. The van der Waals surface area contributed by atoms with Crippen molar-refractivity contribution in [3.8, 4) is 17.2 Å². The highest BCUT2D eigenvalue weighted by Crippen LogP contribution is 2.44. The van der Waals surface area contributed by atoms with E-state index in [2.05, 4.69) is 6.08 Å². The molecular formula is C34H32N2O4. The van der Waals surface area contributed by atoms with Gasteiger partial charge in [-0.1, -0.05) is 60.7 Å². The van der Waals surface area contributed by atoms with Crippen LogP contribution < -0.4 is 14.2 Å². The van der Waals surface area contributed by atoms with Gasteiger partial charge in [0.15, 0.2) is 6.61 Å². The molecule has 1 heterocycles. The Kier molecular flexibility index (Phi) is 7.23. The molecule has 0 radical (unpaired) electrons. The summed E-state index contributed by atoms with van der Waals surface area (Å²) in [6, 6.07) is 29.7. The quantitative estimate of drug-likeness (QED) is 0.256. The van der Waals surface area contributed by atoms with Crippen LogP contribution in [0.2, 0.25) is 0 Å². The summed E-state index contributed by atoms with van der Waals surface area (Å²) < 4.78 is 16.8. The number of hydrogen-bond donors (Lipinski definition) is 0. The Morgan fingerprint density at radius 3 is 2.35 bits per heavy atom. The van der Waals surface area contributed by atoms with Crippen molar-refractivity contribution < 1.29 is 19.0 Å². The second-order valence-electron chi connectivity index (χ2n) is 10.1. The molecule has 0 unspecified atom stereocenters. The van der Waals surface area contributed by atoms with E-state index in [-0.39, 0.29) is 24.5 Å². The van der Waals surface area contributed by atoms with E-state index < -0.39 is 0 Å². The van der Waals surface area contributed by atoms with Crippen LogP contribution >= 0.6 is 0 Å². The summed E-state index contributed by atoms with van der Waals surface area (Å²) in [7, 11) is 3.32. The number of carbonyl (C=O) groups excluding carboxylic acids is 1. The van der Waals surface area contributed by atoms with Crippen LogP contribution in [0.4, 0.5) is 0 Å². The van der Waals surface area contributed by atoms with Gasteiger partial charge in [-0.2, -0.15) is 5.10 Å². The van der Waals surface area contributed by atoms with Gasteiger partial charge in [0.25, 0.3) is 5.91 Å². The third kappa shape index (κ3) is 5.05. The molecule has 0 aromatic heterocycles. The minimum atomic E-state index is -0.205. The van der Waals surface area contributed by atoms with Gasteiger partial charge in [0.1, 0.15) is 17.2 Å². The molecule has 2 atom stereocenters. The van der Waals surface area contributed by atoms with Gasteiger partial charge in [0, 0.05) is 11.3 Å². The molecule has 0 saturated heterocycles. The minimum Gasteiger partial charge on any atom is -0.497 e. The molecule has 4 aromatic rings. The monoisotopic (exact) mass is 532 g/mol. The fraction of sp³-hybridized carbons (Fsp3) is 0.235. The van der Waals surface area contributed by atoms with Crippen LogP contribution in [0.3, 0.4) is 0 Å². The summed E-state index contributed by atoms with van der Waals surface area (Å²) in [6.45, 7) is -0.0955. The number of methoxy groups -OCH3 is 2. The van der Waals surface area contributed by atoms with Crippen LogP contribution in [0.25, 0.3) is 16.8 Å². The molecule has 2 aliphatic rings. The van der Waals surface area contributed by atoms with Gasteiger partial charge < -0.3 is 14.2 Å². The van der Waals surface area contributed by atoms with E-state index in [1.165, 1.54) is 5.57 Å². The zero-order valence-corrected chi connectivity index (χ0v) is 22.7. The Morgan fingerprint density at radius 2 is 1.60 bits per heavy atom. The first kappa shape index (κ1) is 25.7. The van der Waals surface area contributed by atoms with Crippen molar-refractivity contribution in [3.05, 3.63) is 108 Å². The van der Waals surface area contributed by atoms with E-state index in [1.54, 1.807) is 19.2 Å². The average Bonchev–Trinajstić information content (AvgIpc) is 3.41. The summed E-state index contributed by atoms with van der Waals surface area (Å²) in [5, 5.41) is 8.70. The maximum Gasteiger partial charge on any atom is 0.281 e. The van der Waals surface area contributed by atoms with E-state index in [0.717, 1.165) is 58.4 Å². The number of allylic oxidation sites excluding steroid dienone is 1. The SMILES string of the molecule is COc1ccc(/C=C2/CCC[C@@H]3C2=NN(C(=O)COc2cccc4ccccc24)[C@@H]3c2ccc(OC)cc2)cc1. The van der Waals surface area contributed by atoms with Gasteiger partial charge in [0.2, 0.25) is 0 Å². The zero-order chi connectivity index (χ0) is 27.5. The molecule has 1 aliphatic carbocycles. The number of fused-ring (bicyclic) bond motifs is 2. The molecule has 1 amide bonds. The van der Waals surface area contributed by atoms with Crippen LogP contribution in [0.5, 0.6) is 17.2 Å². The largest absolute Gasteiger partial charge is 0.497 e. The maximum absolute atomic E-state index is 13.8. The highest BCUT2D eigenvalue weighted by Gasteiger charge is 2.43. The van der Waals surface area contributed by atoms with E-state index >= 15 is 0 Å². The van der Waals surface area contributed by atoms with Gasteiger partial charge in [0.05, 0.1) is 26.0 Å². The first-order valence-corrected chi connectivity index (χ1v) is 13.6. The molecule has 6 heteroatoms. The fourth-order valence-corrected chi connectivity index (χ4v) is 5.77. The Labute approximate surface area is 234 Å². The normalized spacial score (nSPS) is 19.3. The van der Waals surface area contributed by atoms with Crippen molar-refractivity contribution in [2.45, 2.75) is 25.3 Å². The summed E-state index contributed by atoms with van der Waals surface area (Å²) in [6.07, 6.45) is 5.11. The number of nitrogens with zero attached hydrogens (tertiary/aromatic N) is 2. The molecule has 1 aliphatic heterocycles. The Balaban J connectivity index is 1.32. The minimum absolute atomic E-state index is 0.0955. The Hall–Kier alpha value is -4.58. The molecule has 0 N–H and O–H groups in total. The molecule has 202 valence electrons. The van der Waals surface area contributed by atoms with Crippen molar-refractivity contribution in [2.75, 3.05) is 20.8 Å². The number of carbonyl (C=O) groups is 1. The maximum atomic E-state index is 13.8. The van der Waals surface area contributed by atoms with E-state index in [9.17, 15) is 4.79 Å². The smallest absolute Gasteiger partial charge is 0.281 e. The molecule has 0 spiro atoms. The van der Waals surface area contributed by atoms with Gasteiger partial charge >= 0.3 is 0 Å². The predicted molar refractivity (Wildman–Crippen MR) is 158 cm³/mol. The summed E-state index contributed by atoms with van der Waals surface area (Å²) in [5.41, 5.74) is 4.28. The number of amides is 1. The second-order valence-corrected chi connectivity index (χ2v) is 10.1. The Bertz CT molecular complexity index is 1570. The molecule has 1 fully saturated rings. The average molecular weight is 533 g/mol. The highest BCUT2D eigenvalue weighted by atomic mass is 16.5. The molecule has 0 bridgehead atoms. The van der Waals surface area contributed by atoms with Crippen molar-refractivity contribution in [3.63, 3.8) is 0 Å². The lowest BCUT2D eigenvalue weighted by Crippen LogP contribution is -2.34.